The molecule has 6 heteroatoms. The van der Waals surface area contributed by atoms with Gasteiger partial charge >= 0.3 is 0 Å². The smallest absolute Gasteiger partial charge is 0.139 e. The van der Waals surface area contributed by atoms with Gasteiger partial charge in [-0.05, 0) is 50.6 Å². The number of rotatable bonds is 7. The number of nitrogens with one attached hydrogen (secondary N) is 1. The lowest BCUT2D eigenvalue weighted by molar-refractivity contribution is 0.236. The summed E-state index contributed by atoms with van der Waals surface area (Å²) in [7, 11) is 0. The number of hydrogen-bond donors (Lipinski definition) is 1. The monoisotopic (exact) mass is 380 g/mol. The molecule has 4 rings (SSSR count). The first-order valence-electron chi connectivity index (χ1n) is 10.1. The van der Waals surface area contributed by atoms with E-state index < -0.39 is 0 Å². The third-order valence-corrected chi connectivity index (χ3v) is 5.37. The molecule has 1 aromatic carbocycles. The van der Waals surface area contributed by atoms with Crippen LogP contribution >= 0.6 is 0 Å². The Labute approximate surface area is 165 Å². The summed E-state index contributed by atoms with van der Waals surface area (Å²) < 4.78 is 11.1. The van der Waals surface area contributed by atoms with E-state index in [1.807, 2.05) is 25.3 Å². The second-order valence-corrected chi connectivity index (χ2v) is 7.66. The molecule has 3 heterocycles. The van der Waals surface area contributed by atoms with Crippen LogP contribution in [-0.4, -0.2) is 33.4 Å². The summed E-state index contributed by atoms with van der Waals surface area (Å²) >= 11 is 0. The highest BCUT2D eigenvalue weighted by molar-refractivity contribution is 5.63. The summed E-state index contributed by atoms with van der Waals surface area (Å²) in [5, 5.41) is 11.8. The average Bonchev–Trinajstić information content (AvgIpc) is 3.43. The van der Waals surface area contributed by atoms with E-state index in [1.165, 1.54) is 12.0 Å². The van der Waals surface area contributed by atoms with Gasteiger partial charge in [0.1, 0.15) is 17.2 Å². The second-order valence-electron chi connectivity index (χ2n) is 7.66. The van der Waals surface area contributed by atoms with Crippen LogP contribution in [0.25, 0.3) is 11.3 Å². The van der Waals surface area contributed by atoms with Crippen molar-refractivity contribution in [1.29, 1.82) is 0 Å². The molecule has 1 atom stereocenters. The van der Waals surface area contributed by atoms with Gasteiger partial charge in [0.2, 0.25) is 0 Å². The number of benzene rings is 1. The predicted octanol–water partition coefficient (Wildman–Crippen LogP) is 4.92. The van der Waals surface area contributed by atoms with Crippen LogP contribution in [0.15, 0.2) is 41.1 Å². The molecule has 0 aliphatic carbocycles. The van der Waals surface area contributed by atoms with Crippen LogP contribution in [0.2, 0.25) is 0 Å². The van der Waals surface area contributed by atoms with E-state index in [0.717, 1.165) is 48.0 Å². The number of aromatic amines is 1. The van der Waals surface area contributed by atoms with Gasteiger partial charge in [-0.25, -0.2) is 0 Å². The lowest BCUT2D eigenvalue weighted by Gasteiger charge is -2.22. The first kappa shape index (κ1) is 18.7. The van der Waals surface area contributed by atoms with Gasteiger partial charge in [-0.3, -0.25) is 10.00 Å². The highest BCUT2D eigenvalue weighted by atomic mass is 16.5. The van der Waals surface area contributed by atoms with Crippen molar-refractivity contribution in [3.05, 3.63) is 53.5 Å². The van der Waals surface area contributed by atoms with Crippen molar-refractivity contribution in [2.45, 2.75) is 52.1 Å². The van der Waals surface area contributed by atoms with E-state index >= 15 is 0 Å². The number of H-pyrrole nitrogens is 1. The topological polar surface area (TPSA) is 67.2 Å². The molecular weight excluding hydrogens is 352 g/mol. The minimum Gasteiger partial charge on any atom is -0.494 e. The molecule has 3 aromatic rings. The fourth-order valence-corrected chi connectivity index (χ4v) is 3.87. The molecule has 1 saturated heterocycles. The lowest BCUT2D eigenvalue weighted by atomic mass is 10.1. The van der Waals surface area contributed by atoms with E-state index in [1.54, 1.807) is 0 Å². The molecule has 2 aromatic heterocycles. The maximum absolute atomic E-state index is 5.55. The number of hydrogen-bond acceptors (Lipinski definition) is 5. The maximum Gasteiger partial charge on any atom is 0.139 e. The molecule has 1 unspecified atom stereocenters. The Bertz CT molecular complexity index is 897. The molecule has 28 heavy (non-hydrogen) atoms. The van der Waals surface area contributed by atoms with Gasteiger partial charge in [-0.15, -0.1) is 0 Å². The molecule has 0 spiro atoms. The molecule has 1 aliphatic rings. The molecule has 0 amide bonds. The maximum atomic E-state index is 5.55. The summed E-state index contributed by atoms with van der Waals surface area (Å²) in [4.78, 5) is 2.48. The fourth-order valence-electron chi connectivity index (χ4n) is 3.87. The lowest BCUT2D eigenvalue weighted by Crippen LogP contribution is -2.23. The Morgan fingerprint density at radius 3 is 2.82 bits per heavy atom. The molecule has 0 saturated carbocycles. The zero-order chi connectivity index (χ0) is 19.5. The SMILES string of the molecule is CCOc1ccc(-c2[nH]ncc2CN2CCCC2c2cc(C(C)C)on2)cc1. The van der Waals surface area contributed by atoms with Gasteiger partial charge in [-0.2, -0.15) is 5.10 Å². The van der Waals surface area contributed by atoms with E-state index in [2.05, 4.69) is 52.3 Å². The quantitative estimate of drug-likeness (QED) is 0.630. The van der Waals surface area contributed by atoms with Gasteiger partial charge in [0.25, 0.3) is 0 Å². The molecular formula is C22H28N4O2. The van der Waals surface area contributed by atoms with Crippen LogP contribution in [0.1, 0.15) is 62.6 Å². The van der Waals surface area contributed by atoms with Gasteiger partial charge in [-0.1, -0.05) is 19.0 Å². The minimum atomic E-state index is 0.305. The van der Waals surface area contributed by atoms with Gasteiger partial charge in [0, 0.05) is 29.7 Å². The standard InChI is InChI=1S/C22H28N4O2/c1-4-27-18-9-7-16(8-10-18)22-17(13-23-24-22)14-26-11-5-6-20(26)19-12-21(15(2)3)28-25-19/h7-10,12-13,15,20H,4-6,11,14H2,1-3H3,(H,23,24). The molecule has 1 N–H and O–H groups in total. The van der Waals surface area contributed by atoms with Crippen LogP contribution < -0.4 is 4.74 Å². The first-order chi connectivity index (χ1) is 13.7. The molecule has 6 nitrogen and oxygen atoms in total. The van der Waals surface area contributed by atoms with Crippen LogP contribution in [0.4, 0.5) is 0 Å². The van der Waals surface area contributed by atoms with E-state index in [4.69, 9.17) is 9.26 Å². The Hall–Kier alpha value is -2.60. The van der Waals surface area contributed by atoms with Crippen LogP contribution in [-0.2, 0) is 6.54 Å². The van der Waals surface area contributed by atoms with Crippen molar-refractivity contribution in [2.75, 3.05) is 13.2 Å². The number of nitrogens with zero attached hydrogens (tertiary/aromatic N) is 3. The molecule has 1 fully saturated rings. The van der Waals surface area contributed by atoms with Crippen molar-refractivity contribution in [3.8, 4) is 17.0 Å². The van der Waals surface area contributed by atoms with E-state index in [-0.39, 0.29) is 0 Å². The van der Waals surface area contributed by atoms with Crippen molar-refractivity contribution in [1.82, 2.24) is 20.3 Å². The summed E-state index contributed by atoms with van der Waals surface area (Å²) in [6.07, 6.45) is 4.22. The second kappa shape index (κ2) is 8.19. The van der Waals surface area contributed by atoms with Crippen molar-refractivity contribution in [3.63, 3.8) is 0 Å². The summed E-state index contributed by atoms with van der Waals surface area (Å²) in [6.45, 7) is 8.82. The predicted molar refractivity (Wildman–Crippen MR) is 108 cm³/mol. The number of likely N-dealkylation sites (tertiary alicyclic amines) is 1. The van der Waals surface area contributed by atoms with Crippen LogP contribution in [0, 0.1) is 0 Å². The van der Waals surface area contributed by atoms with Crippen LogP contribution in [0.5, 0.6) is 5.75 Å². The average molecular weight is 380 g/mol. The Balaban J connectivity index is 1.52. The van der Waals surface area contributed by atoms with Crippen molar-refractivity contribution < 1.29 is 9.26 Å². The van der Waals surface area contributed by atoms with E-state index in [0.29, 0.717) is 18.6 Å². The van der Waals surface area contributed by atoms with Crippen molar-refractivity contribution >= 4 is 0 Å². The summed E-state index contributed by atoms with van der Waals surface area (Å²) in [6, 6.07) is 10.6. The third kappa shape index (κ3) is 3.83. The summed E-state index contributed by atoms with van der Waals surface area (Å²) in [5.74, 6) is 2.20. The number of aromatic nitrogens is 3. The fraction of sp³-hybridized carbons (Fsp3) is 0.455. The Morgan fingerprint density at radius 2 is 2.11 bits per heavy atom. The van der Waals surface area contributed by atoms with E-state index in [9.17, 15) is 0 Å². The van der Waals surface area contributed by atoms with Crippen molar-refractivity contribution in [2.24, 2.45) is 0 Å². The Kier molecular flexibility index (Phi) is 5.48. The highest BCUT2D eigenvalue weighted by Crippen LogP contribution is 2.35. The zero-order valence-corrected chi connectivity index (χ0v) is 16.8. The largest absolute Gasteiger partial charge is 0.494 e. The number of ether oxygens (including phenoxy) is 1. The van der Waals surface area contributed by atoms with Crippen LogP contribution in [0.3, 0.4) is 0 Å². The molecule has 148 valence electrons. The third-order valence-electron chi connectivity index (χ3n) is 5.37. The summed E-state index contributed by atoms with van der Waals surface area (Å²) in [5.41, 5.74) is 4.43. The highest BCUT2D eigenvalue weighted by Gasteiger charge is 2.30. The molecule has 1 aliphatic heterocycles. The zero-order valence-electron chi connectivity index (χ0n) is 16.8. The normalized spacial score (nSPS) is 17.5. The first-order valence-corrected chi connectivity index (χ1v) is 10.1. The van der Waals surface area contributed by atoms with Gasteiger partial charge in [0.15, 0.2) is 0 Å². The molecule has 0 bridgehead atoms. The Morgan fingerprint density at radius 1 is 1.29 bits per heavy atom. The minimum absolute atomic E-state index is 0.305. The molecule has 0 radical (unpaired) electrons. The van der Waals surface area contributed by atoms with Gasteiger partial charge in [0.05, 0.1) is 24.5 Å². The van der Waals surface area contributed by atoms with Gasteiger partial charge < -0.3 is 9.26 Å².